The predicted octanol–water partition coefficient (Wildman–Crippen LogP) is 2.93. The van der Waals surface area contributed by atoms with Crippen LogP contribution in [0.1, 0.15) is 27.2 Å². The van der Waals surface area contributed by atoms with Gasteiger partial charge >= 0.3 is 6.03 Å². The lowest BCUT2D eigenvalue weighted by Crippen LogP contribution is -2.47. The van der Waals surface area contributed by atoms with Crippen LogP contribution in [-0.4, -0.2) is 46.2 Å². The van der Waals surface area contributed by atoms with Gasteiger partial charge in [0.1, 0.15) is 6.04 Å². The quantitative estimate of drug-likeness (QED) is 0.449. The second-order valence-electron chi connectivity index (χ2n) is 8.06. The van der Waals surface area contributed by atoms with E-state index in [9.17, 15) is 18.0 Å². The first-order chi connectivity index (χ1) is 16.2. The van der Waals surface area contributed by atoms with Crippen LogP contribution in [0.5, 0.6) is 11.5 Å². The van der Waals surface area contributed by atoms with Crippen LogP contribution in [-0.2, 0) is 14.8 Å². The van der Waals surface area contributed by atoms with Crippen molar-refractivity contribution >= 4 is 33.3 Å². The topological polar surface area (TPSA) is 135 Å². The molecule has 0 fully saturated rings. The zero-order valence-electron chi connectivity index (χ0n) is 19.4. The van der Waals surface area contributed by atoms with Crippen molar-refractivity contribution in [3.8, 4) is 11.5 Å². The van der Waals surface area contributed by atoms with Gasteiger partial charge < -0.3 is 25.4 Å². The average molecular weight is 491 g/mol. The van der Waals surface area contributed by atoms with Gasteiger partial charge in [-0.15, -0.1) is 0 Å². The van der Waals surface area contributed by atoms with Crippen molar-refractivity contribution in [1.82, 2.24) is 10.0 Å². The third kappa shape index (κ3) is 6.61. The molecule has 34 heavy (non-hydrogen) atoms. The monoisotopic (exact) mass is 490 g/mol. The second kappa shape index (κ2) is 11.2. The molecule has 2 aromatic rings. The molecule has 3 rings (SSSR count). The molecule has 3 amide bonds. The van der Waals surface area contributed by atoms with Crippen LogP contribution >= 0.6 is 0 Å². The first-order valence-electron chi connectivity index (χ1n) is 11.1. The highest BCUT2D eigenvalue weighted by Crippen LogP contribution is 2.32. The molecule has 184 valence electrons. The molecule has 4 N–H and O–H groups in total. The number of rotatable bonds is 8. The molecule has 0 spiro atoms. The molecular weight excluding hydrogens is 460 g/mol. The molecule has 1 heterocycles. The summed E-state index contributed by atoms with van der Waals surface area (Å²) < 4.78 is 39.8. The molecule has 0 bridgehead atoms. The summed E-state index contributed by atoms with van der Waals surface area (Å²) in [5.41, 5.74) is 0.900. The Balaban J connectivity index is 1.74. The Morgan fingerprint density at radius 1 is 0.971 bits per heavy atom. The molecule has 1 atom stereocenters. The number of carbonyl (C=O) groups is 2. The van der Waals surface area contributed by atoms with Crippen LogP contribution in [0.4, 0.5) is 16.2 Å². The third-order valence-electron chi connectivity index (χ3n) is 4.99. The number of ether oxygens (including phenoxy) is 2. The minimum absolute atomic E-state index is 0.0247. The predicted molar refractivity (Wildman–Crippen MR) is 129 cm³/mol. The third-order valence-corrected chi connectivity index (χ3v) is 6.42. The summed E-state index contributed by atoms with van der Waals surface area (Å²) in [5.74, 6) is -0.0343. The number of fused-ring (bicyclic) bond motifs is 1. The number of sulfonamides is 1. The van der Waals surface area contributed by atoms with Crippen LogP contribution in [0.25, 0.3) is 0 Å². The number of anilines is 2. The van der Waals surface area contributed by atoms with Crippen molar-refractivity contribution < 1.29 is 27.5 Å². The van der Waals surface area contributed by atoms with Gasteiger partial charge in [-0.05, 0) is 43.2 Å². The molecule has 0 radical (unpaired) electrons. The SMILES string of the molecule is CCNC(=O)Nc1cccc(NC(=O)C(NS(=O)(=O)c2ccc3c(c2)OCCCO3)C(C)C)c1. The Hall–Kier alpha value is -3.31. The lowest BCUT2D eigenvalue weighted by molar-refractivity contribution is -0.118. The fourth-order valence-electron chi connectivity index (χ4n) is 3.27. The van der Waals surface area contributed by atoms with Gasteiger partial charge in [-0.2, -0.15) is 4.72 Å². The maximum Gasteiger partial charge on any atom is 0.319 e. The summed E-state index contributed by atoms with van der Waals surface area (Å²) in [6.45, 7) is 6.68. The van der Waals surface area contributed by atoms with Crippen molar-refractivity contribution in [2.75, 3.05) is 30.4 Å². The fraction of sp³-hybridized carbons (Fsp3) is 0.391. The number of benzene rings is 2. The Kier molecular flexibility index (Phi) is 8.35. The molecule has 1 aliphatic heterocycles. The molecule has 1 unspecified atom stereocenters. The largest absolute Gasteiger partial charge is 0.490 e. The maximum atomic E-state index is 13.1. The van der Waals surface area contributed by atoms with Gasteiger partial charge in [-0.25, -0.2) is 13.2 Å². The highest BCUT2D eigenvalue weighted by Gasteiger charge is 2.29. The van der Waals surface area contributed by atoms with Gasteiger partial charge in [0.2, 0.25) is 15.9 Å². The van der Waals surface area contributed by atoms with Crippen molar-refractivity contribution in [2.24, 2.45) is 5.92 Å². The number of hydrogen-bond acceptors (Lipinski definition) is 6. The van der Waals surface area contributed by atoms with Gasteiger partial charge in [0.15, 0.2) is 11.5 Å². The number of carbonyl (C=O) groups excluding carboxylic acids is 2. The summed E-state index contributed by atoms with van der Waals surface area (Å²) in [6, 6.07) is 9.54. The number of urea groups is 1. The standard InChI is InChI=1S/C23H30N4O6S/c1-4-24-23(29)26-17-8-5-7-16(13-17)25-22(28)21(15(2)3)27-34(30,31)18-9-10-19-20(14-18)33-12-6-11-32-19/h5,7-10,13-15,21,27H,4,6,11-12H2,1-3H3,(H,25,28)(H2,24,26,29). The number of nitrogens with one attached hydrogen (secondary N) is 4. The van der Waals surface area contributed by atoms with Crippen molar-refractivity contribution in [1.29, 1.82) is 0 Å². The lowest BCUT2D eigenvalue weighted by Gasteiger charge is -2.22. The van der Waals surface area contributed by atoms with Crippen LogP contribution in [0, 0.1) is 5.92 Å². The second-order valence-corrected chi connectivity index (χ2v) is 9.77. The van der Waals surface area contributed by atoms with E-state index in [1.54, 1.807) is 51.1 Å². The van der Waals surface area contributed by atoms with Crippen LogP contribution in [0.2, 0.25) is 0 Å². The van der Waals surface area contributed by atoms with E-state index in [1.807, 2.05) is 0 Å². The first-order valence-corrected chi connectivity index (χ1v) is 12.6. The Morgan fingerprint density at radius 3 is 2.32 bits per heavy atom. The van der Waals surface area contributed by atoms with E-state index < -0.39 is 22.0 Å². The molecule has 1 aliphatic rings. The summed E-state index contributed by atoms with van der Waals surface area (Å²) in [4.78, 5) is 24.7. The molecular formula is C23H30N4O6S. The molecule has 0 aliphatic carbocycles. The summed E-state index contributed by atoms with van der Waals surface area (Å²) in [6.07, 6.45) is 0.699. The summed E-state index contributed by atoms with van der Waals surface area (Å²) in [7, 11) is -4.03. The first kappa shape index (κ1) is 25.3. The van der Waals surface area contributed by atoms with E-state index in [2.05, 4.69) is 20.7 Å². The van der Waals surface area contributed by atoms with Crippen molar-refractivity contribution in [3.63, 3.8) is 0 Å². The van der Waals surface area contributed by atoms with Crippen molar-refractivity contribution in [3.05, 3.63) is 42.5 Å². The Labute approximate surface area is 199 Å². The van der Waals surface area contributed by atoms with Crippen molar-refractivity contribution in [2.45, 2.75) is 38.1 Å². The molecule has 0 saturated carbocycles. The zero-order valence-corrected chi connectivity index (χ0v) is 20.2. The smallest absolute Gasteiger partial charge is 0.319 e. The van der Waals surface area contributed by atoms with E-state index in [1.165, 1.54) is 12.1 Å². The minimum Gasteiger partial charge on any atom is -0.490 e. The Morgan fingerprint density at radius 2 is 1.65 bits per heavy atom. The van der Waals surface area contributed by atoms with E-state index in [0.717, 1.165) is 0 Å². The Bertz CT molecular complexity index is 1140. The molecule has 11 heteroatoms. The number of hydrogen-bond donors (Lipinski definition) is 4. The van der Waals surface area contributed by atoms with Gasteiger partial charge in [0, 0.05) is 30.4 Å². The summed E-state index contributed by atoms with van der Waals surface area (Å²) >= 11 is 0. The van der Waals surface area contributed by atoms with Gasteiger partial charge in [-0.1, -0.05) is 19.9 Å². The number of amides is 3. The van der Waals surface area contributed by atoms with Gasteiger partial charge in [0.05, 0.1) is 18.1 Å². The molecule has 10 nitrogen and oxygen atoms in total. The van der Waals surface area contributed by atoms with E-state index in [4.69, 9.17) is 9.47 Å². The maximum absolute atomic E-state index is 13.1. The zero-order chi connectivity index (χ0) is 24.7. The van der Waals surface area contributed by atoms with E-state index in [0.29, 0.717) is 49.1 Å². The van der Waals surface area contributed by atoms with Gasteiger partial charge in [-0.3, -0.25) is 4.79 Å². The fourth-order valence-corrected chi connectivity index (χ4v) is 4.63. The van der Waals surface area contributed by atoms with E-state index >= 15 is 0 Å². The van der Waals surface area contributed by atoms with Crippen LogP contribution in [0.15, 0.2) is 47.4 Å². The molecule has 2 aromatic carbocycles. The normalized spacial score (nSPS) is 14.1. The highest BCUT2D eigenvalue weighted by atomic mass is 32.2. The highest BCUT2D eigenvalue weighted by molar-refractivity contribution is 7.89. The average Bonchev–Trinajstić information content (AvgIpc) is 3.02. The summed E-state index contributed by atoms with van der Waals surface area (Å²) in [5, 5.41) is 8.00. The molecule has 0 aromatic heterocycles. The molecule has 0 saturated heterocycles. The van der Waals surface area contributed by atoms with Gasteiger partial charge in [0.25, 0.3) is 0 Å². The van der Waals surface area contributed by atoms with Crippen LogP contribution in [0.3, 0.4) is 0 Å². The van der Waals surface area contributed by atoms with Crippen LogP contribution < -0.4 is 30.1 Å². The lowest BCUT2D eigenvalue weighted by atomic mass is 10.0. The minimum atomic E-state index is -4.03. The van der Waals surface area contributed by atoms with E-state index in [-0.39, 0.29) is 16.8 Å².